The molecule has 0 radical (unpaired) electrons. The van der Waals surface area contributed by atoms with E-state index >= 15 is 0 Å². The third kappa shape index (κ3) is 3.56. The first kappa shape index (κ1) is 14.9. The highest BCUT2D eigenvalue weighted by molar-refractivity contribution is 9.10. The maximum atomic E-state index is 14.2. The standard InChI is InChI=1S/C15H22BrFN2/c1-3-18-10-11-5-4-8-19(2)15(11)13-9-12(16)6-7-14(13)17/h6-7,9,11,15,18H,3-5,8,10H2,1-2H3. The number of hydrogen-bond donors (Lipinski definition) is 1. The SMILES string of the molecule is CCNCC1CCCN(C)C1c1cc(Br)ccc1F. The Morgan fingerprint density at radius 2 is 2.26 bits per heavy atom. The number of likely N-dealkylation sites (tertiary alicyclic amines) is 1. The van der Waals surface area contributed by atoms with Crippen molar-refractivity contribution in [2.24, 2.45) is 5.92 Å². The highest BCUT2D eigenvalue weighted by Crippen LogP contribution is 2.36. The van der Waals surface area contributed by atoms with Crippen LogP contribution in [0.5, 0.6) is 0 Å². The normalized spacial score (nSPS) is 24.6. The van der Waals surface area contributed by atoms with E-state index in [1.165, 1.54) is 6.42 Å². The number of piperidine rings is 1. The molecule has 0 saturated carbocycles. The minimum atomic E-state index is -0.0940. The van der Waals surface area contributed by atoms with E-state index in [0.29, 0.717) is 5.92 Å². The molecule has 19 heavy (non-hydrogen) atoms. The van der Waals surface area contributed by atoms with Crippen LogP contribution in [0.3, 0.4) is 0 Å². The van der Waals surface area contributed by atoms with Gasteiger partial charge in [-0.2, -0.15) is 0 Å². The predicted molar refractivity (Wildman–Crippen MR) is 80.7 cm³/mol. The third-order valence-corrected chi connectivity index (χ3v) is 4.43. The number of rotatable bonds is 4. The lowest BCUT2D eigenvalue weighted by atomic mass is 9.84. The van der Waals surface area contributed by atoms with E-state index in [1.54, 1.807) is 12.1 Å². The van der Waals surface area contributed by atoms with Gasteiger partial charge in [0.15, 0.2) is 0 Å². The van der Waals surface area contributed by atoms with Crippen LogP contribution in [0.1, 0.15) is 31.4 Å². The lowest BCUT2D eigenvalue weighted by Crippen LogP contribution is -2.40. The second-order valence-corrected chi connectivity index (χ2v) is 6.22. The quantitative estimate of drug-likeness (QED) is 0.908. The van der Waals surface area contributed by atoms with Gasteiger partial charge in [-0.05, 0) is 63.6 Å². The largest absolute Gasteiger partial charge is 0.317 e. The van der Waals surface area contributed by atoms with Crippen molar-refractivity contribution in [3.8, 4) is 0 Å². The summed E-state index contributed by atoms with van der Waals surface area (Å²) in [5.74, 6) is 0.381. The second kappa shape index (κ2) is 6.82. The molecule has 0 aromatic heterocycles. The van der Waals surface area contributed by atoms with Gasteiger partial charge in [-0.15, -0.1) is 0 Å². The van der Waals surface area contributed by atoms with Crippen molar-refractivity contribution >= 4 is 15.9 Å². The van der Waals surface area contributed by atoms with Crippen molar-refractivity contribution in [2.45, 2.75) is 25.8 Å². The summed E-state index contributed by atoms with van der Waals surface area (Å²) < 4.78 is 15.1. The van der Waals surface area contributed by atoms with Gasteiger partial charge in [0.05, 0.1) is 0 Å². The van der Waals surface area contributed by atoms with Crippen LogP contribution in [0.2, 0.25) is 0 Å². The minimum absolute atomic E-state index is 0.0940. The Hall–Kier alpha value is -0.450. The Balaban J connectivity index is 2.27. The number of nitrogens with zero attached hydrogens (tertiary/aromatic N) is 1. The average molecular weight is 329 g/mol. The first-order valence-corrected chi connectivity index (χ1v) is 7.78. The molecule has 1 aliphatic rings. The van der Waals surface area contributed by atoms with E-state index in [-0.39, 0.29) is 11.9 Å². The van der Waals surface area contributed by atoms with E-state index in [9.17, 15) is 4.39 Å². The molecule has 1 saturated heterocycles. The molecule has 2 atom stereocenters. The predicted octanol–water partition coefficient (Wildman–Crippen LogP) is 3.58. The monoisotopic (exact) mass is 328 g/mol. The Kier molecular flexibility index (Phi) is 5.37. The molecule has 2 nitrogen and oxygen atoms in total. The smallest absolute Gasteiger partial charge is 0.128 e. The maximum absolute atomic E-state index is 14.2. The first-order valence-electron chi connectivity index (χ1n) is 6.99. The maximum Gasteiger partial charge on any atom is 0.128 e. The lowest BCUT2D eigenvalue weighted by Gasteiger charge is -2.40. The molecular weight excluding hydrogens is 307 g/mol. The summed E-state index contributed by atoms with van der Waals surface area (Å²) in [6.45, 7) is 5.08. The number of halogens is 2. The van der Waals surface area contributed by atoms with E-state index in [4.69, 9.17) is 0 Å². The zero-order valence-electron chi connectivity index (χ0n) is 11.6. The minimum Gasteiger partial charge on any atom is -0.317 e. The van der Waals surface area contributed by atoms with Gasteiger partial charge in [0, 0.05) is 16.1 Å². The van der Waals surface area contributed by atoms with Gasteiger partial charge < -0.3 is 5.32 Å². The molecule has 1 aromatic carbocycles. The Morgan fingerprint density at radius 3 is 3.00 bits per heavy atom. The molecule has 4 heteroatoms. The van der Waals surface area contributed by atoms with Crippen molar-refractivity contribution in [1.82, 2.24) is 10.2 Å². The zero-order chi connectivity index (χ0) is 13.8. The van der Waals surface area contributed by atoms with Crippen LogP contribution in [-0.4, -0.2) is 31.6 Å². The molecule has 2 unspecified atom stereocenters. The molecule has 1 heterocycles. The van der Waals surface area contributed by atoms with Crippen LogP contribution >= 0.6 is 15.9 Å². The van der Waals surface area contributed by atoms with Gasteiger partial charge in [-0.3, -0.25) is 4.90 Å². The molecule has 2 rings (SSSR count). The summed E-state index contributed by atoms with van der Waals surface area (Å²) in [6.07, 6.45) is 2.35. The topological polar surface area (TPSA) is 15.3 Å². The third-order valence-electron chi connectivity index (χ3n) is 3.94. The number of benzene rings is 1. The molecule has 0 amide bonds. The Morgan fingerprint density at radius 1 is 1.47 bits per heavy atom. The number of hydrogen-bond acceptors (Lipinski definition) is 2. The molecule has 0 bridgehead atoms. The summed E-state index contributed by atoms with van der Waals surface area (Å²) in [5, 5.41) is 3.41. The van der Waals surface area contributed by atoms with Crippen LogP contribution in [0.25, 0.3) is 0 Å². The zero-order valence-corrected chi connectivity index (χ0v) is 13.2. The summed E-state index contributed by atoms with van der Waals surface area (Å²) in [5.41, 5.74) is 0.819. The fourth-order valence-corrected chi connectivity index (χ4v) is 3.41. The van der Waals surface area contributed by atoms with E-state index in [0.717, 1.165) is 36.1 Å². The highest BCUT2D eigenvalue weighted by Gasteiger charge is 2.31. The van der Waals surface area contributed by atoms with Crippen molar-refractivity contribution in [1.29, 1.82) is 0 Å². The van der Waals surface area contributed by atoms with Crippen LogP contribution < -0.4 is 5.32 Å². The molecule has 1 N–H and O–H groups in total. The molecule has 1 fully saturated rings. The van der Waals surface area contributed by atoms with Gasteiger partial charge in [0.2, 0.25) is 0 Å². The van der Waals surface area contributed by atoms with E-state index in [1.807, 2.05) is 6.07 Å². The Bertz CT molecular complexity index is 425. The summed E-state index contributed by atoms with van der Waals surface area (Å²) in [4.78, 5) is 2.29. The van der Waals surface area contributed by atoms with Gasteiger partial charge >= 0.3 is 0 Å². The summed E-state index contributed by atoms with van der Waals surface area (Å²) >= 11 is 3.45. The van der Waals surface area contributed by atoms with E-state index < -0.39 is 0 Å². The number of nitrogens with one attached hydrogen (secondary N) is 1. The fraction of sp³-hybridized carbons (Fsp3) is 0.600. The average Bonchev–Trinajstić information content (AvgIpc) is 2.39. The molecule has 1 aliphatic heterocycles. The van der Waals surface area contributed by atoms with E-state index in [2.05, 4.69) is 40.1 Å². The first-order chi connectivity index (χ1) is 9.13. The molecule has 106 valence electrons. The lowest BCUT2D eigenvalue weighted by molar-refractivity contribution is 0.117. The molecular formula is C15H22BrFN2. The summed E-state index contributed by atoms with van der Waals surface area (Å²) in [7, 11) is 2.10. The van der Waals surface area contributed by atoms with Crippen LogP contribution in [0.15, 0.2) is 22.7 Å². The van der Waals surface area contributed by atoms with Gasteiger partial charge in [-0.25, -0.2) is 4.39 Å². The Labute approximate surface area is 123 Å². The van der Waals surface area contributed by atoms with Crippen LogP contribution in [-0.2, 0) is 0 Å². The van der Waals surface area contributed by atoms with Crippen LogP contribution in [0.4, 0.5) is 4.39 Å². The van der Waals surface area contributed by atoms with Crippen molar-refractivity contribution < 1.29 is 4.39 Å². The molecule has 0 aliphatic carbocycles. The molecule has 0 spiro atoms. The van der Waals surface area contributed by atoms with Gasteiger partial charge in [0.25, 0.3) is 0 Å². The van der Waals surface area contributed by atoms with Crippen LogP contribution in [0, 0.1) is 11.7 Å². The second-order valence-electron chi connectivity index (χ2n) is 5.30. The van der Waals surface area contributed by atoms with Crippen molar-refractivity contribution in [3.05, 3.63) is 34.1 Å². The van der Waals surface area contributed by atoms with Gasteiger partial charge in [0.1, 0.15) is 5.82 Å². The molecule has 1 aromatic rings. The highest BCUT2D eigenvalue weighted by atomic mass is 79.9. The van der Waals surface area contributed by atoms with Crippen molar-refractivity contribution in [2.75, 3.05) is 26.7 Å². The van der Waals surface area contributed by atoms with Crippen molar-refractivity contribution in [3.63, 3.8) is 0 Å². The fourth-order valence-electron chi connectivity index (χ4n) is 3.04. The summed E-state index contributed by atoms with van der Waals surface area (Å²) in [6, 6.07) is 5.43. The van der Waals surface area contributed by atoms with Gasteiger partial charge in [-0.1, -0.05) is 22.9 Å².